The second-order valence-electron chi connectivity index (χ2n) is 4.61. The van der Waals surface area contributed by atoms with Crippen LogP contribution in [0.5, 0.6) is 5.75 Å². The normalized spacial score (nSPS) is 11.5. The smallest absolute Gasteiger partial charge is 0.175 e. The number of unbranched alkanes of at least 4 members (excludes halogenated alkanes) is 3. The zero-order valence-corrected chi connectivity index (χ0v) is 12.5. The number of hydrogen-bond acceptors (Lipinski definition) is 4. The Kier molecular flexibility index (Phi) is 6.87. The maximum atomic E-state index is 11.4. The number of benzene rings is 1. The van der Waals surface area contributed by atoms with Gasteiger partial charge in [0.2, 0.25) is 0 Å². The van der Waals surface area contributed by atoms with Crippen LogP contribution in [-0.4, -0.2) is 34.9 Å². The Bertz CT molecular complexity index is 471. The molecule has 0 bridgehead atoms. The molecule has 0 amide bonds. The Morgan fingerprint density at radius 2 is 1.89 bits per heavy atom. The van der Waals surface area contributed by atoms with Gasteiger partial charge in [0.15, 0.2) is 9.84 Å². The molecule has 1 aromatic carbocycles. The Balaban J connectivity index is 2.30. The number of nitrogens with one attached hydrogen (secondary N) is 1. The van der Waals surface area contributed by atoms with E-state index in [1.165, 1.54) is 19.1 Å². The van der Waals surface area contributed by atoms with Gasteiger partial charge in [0.25, 0.3) is 0 Å². The van der Waals surface area contributed by atoms with Crippen LogP contribution >= 0.6 is 0 Å². The van der Waals surface area contributed by atoms with Gasteiger partial charge in [-0.25, -0.2) is 8.42 Å². The van der Waals surface area contributed by atoms with Gasteiger partial charge in [-0.2, -0.15) is 0 Å². The van der Waals surface area contributed by atoms with E-state index in [0.29, 0.717) is 17.3 Å². The first-order chi connectivity index (χ1) is 9.04. The van der Waals surface area contributed by atoms with E-state index < -0.39 is 9.84 Å². The first-order valence-electron chi connectivity index (χ1n) is 6.61. The molecule has 5 heteroatoms. The first kappa shape index (κ1) is 16.0. The molecule has 0 fully saturated rings. The van der Waals surface area contributed by atoms with Gasteiger partial charge in [0, 0.05) is 6.26 Å². The molecular weight excluding hydrogens is 262 g/mol. The fourth-order valence-electron chi connectivity index (χ4n) is 1.74. The summed E-state index contributed by atoms with van der Waals surface area (Å²) in [6, 6.07) is 6.66. The number of sulfone groups is 1. The molecule has 0 atom stereocenters. The van der Waals surface area contributed by atoms with Crippen LogP contribution in [0.3, 0.4) is 0 Å². The summed E-state index contributed by atoms with van der Waals surface area (Å²) in [6.07, 6.45) is 5.70. The molecule has 0 saturated carbocycles. The van der Waals surface area contributed by atoms with Gasteiger partial charge in [-0.3, -0.25) is 0 Å². The van der Waals surface area contributed by atoms with Gasteiger partial charge < -0.3 is 10.1 Å². The molecule has 0 aliphatic carbocycles. The molecule has 0 radical (unpaired) electrons. The number of rotatable bonds is 9. The van der Waals surface area contributed by atoms with Gasteiger partial charge in [-0.1, -0.05) is 18.9 Å². The largest absolute Gasteiger partial charge is 0.494 e. The summed E-state index contributed by atoms with van der Waals surface area (Å²) in [6.45, 7) is 1.68. The molecule has 19 heavy (non-hydrogen) atoms. The molecule has 1 N–H and O–H groups in total. The average molecular weight is 285 g/mol. The van der Waals surface area contributed by atoms with Crippen molar-refractivity contribution < 1.29 is 13.2 Å². The third-order valence-corrected chi connectivity index (χ3v) is 3.93. The molecular formula is C14H23NO3S. The molecule has 0 aliphatic rings. The van der Waals surface area contributed by atoms with Crippen molar-refractivity contribution in [3.05, 3.63) is 24.3 Å². The summed E-state index contributed by atoms with van der Waals surface area (Å²) in [5.74, 6) is 0.623. The lowest BCUT2D eigenvalue weighted by molar-refractivity contribution is 0.304. The highest BCUT2D eigenvalue weighted by Crippen LogP contribution is 2.17. The predicted octanol–water partition coefficient (Wildman–Crippen LogP) is 2.25. The van der Waals surface area contributed by atoms with Gasteiger partial charge >= 0.3 is 0 Å². The summed E-state index contributed by atoms with van der Waals surface area (Å²) < 4.78 is 28.4. The Hall–Kier alpha value is -1.07. The number of ether oxygens (including phenoxy) is 1. The predicted molar refractivity (Wildman–Crippen MR) is 77.4 cm³/mol. The van der Waals surface area contributed by atoms with E-state index in [2.05, 4.69) is 5.32 Å². The molecule has 0 unspecified atom stereocenters. The van der Waals surface area contributed by atoms with Crippen LogP contribution in [0, 0.1) is 0 Å². The monoisotopic (exact) mass is 285 g/mol. The molecule has 0 spiro atoms. The van der Waals surface area contributed by atoms with E-state index in [-0.39, 0.29) is 0 Å². The fourth-order valence-corrected chi connectivity index (χ4v) is 2.40. The molecule has 0 aromatic heterocycles. The molecule has 4 nitrogen and oxygen atoms in total. The van der Waals surface area contributed by atoms with Crippen molar-refractivity contribution in [1.82, 2.24) is 5.32 Å². The van der Waals surface area contributed by atoms with Gasteiger partial charge in [0.05, 0.1) is 11.5 Å². The maximum absolute atomic E-state index is 11.4. The van der Waals surface area contributed by atoms with Crippen LogP contribution in [0.4, 0.5) is 0 Å². The summed E-state index contributed by atoms with van der Waals surface area (Å²) in [4.78, 5) is 0.305. The Morgan fingerprint density at radius 3 is 2.58 bits per heavy atom. The van der Waals surface area contributed by atoms with Crippen LogP contribution in [0.25, 0.3) is 0 Å². The van der Waals surface area contributed by atoms with E-state index in [4.69, 9.17) is 4.74 Å². The van der Waals surface area contributed by atoms with Crippen molar-refractivity contribution in [2.75, 3.05) is 26.5 Å². The quantitative estimate of drug-likeness (QED) is 0.707. The third kappa shape index (κ3) is 6.59. The lowest BCUT2D eigenvalue weighted by atomic mass is 10.2. The molecule has 0 aliphatic heterocycles. The van der Waals surface area contributed by atoms with Crippen molar-refractivity contribution in [1.29, 1.82) is 0 Å². The molecule has 1 rings (SSSR count). The highest BCUT2D eigenvalue weighted by molar-refractivity contribution is 7.90. The lowest BCUT2D eigenvalue weighted by Gasteiger charge is -2.07. The minimum absolute atomic E-state index is 0.305. The summed E-state index contributed by atoms with van der Waals surface area (Å²) in [5, 5.41) is 3.12. The van der Waals surface area contributed by atoms with Crippen molar-refractivity contribution in [3.8, 4) is 5.75 Å². The second kappa shape index (κ2) is 8.17. The zero-order valence-electron chi connectivity index (χ0n) is 11.7. The molecule has 108 valence electrons. The summed E-state index contributed by atoms with van der Waals surface area (Å²) >= 11 is 0. The SMILES string of the molecule is CNCCCCCCOc1cccc(S(C)(=O)=O)c1. The van der Waals surface area contributed by atoms with Crippen LogP contribution in [-0.2, 0) is 9.84 Å². The standard InChI is InChI=1S/C14H23NO3S/c1-15-10-5-3-4-6-11-18-13-8-7-9-14(12-13)19(2,16)17/h7-9,12,15H,3-6,10-11H2,1-2H3. The van der Waals surface area contributed by atoms with Crippen LogP contribution in [0.2, 0.25) is 0 Å². The maximum Gasteiger partial charge on any atom is 0.175 e. The van der Waals surface area contributed by atoms with E-state index in [0.717, 1.165) is 19.4 Å². The van der Waals surface area contributed by atoms with E-state index >= 15 is 0 Å². The third-order valence-electron chi connectivity index (χ3n) is 2.82. The molecule has 1 aromatic rings. The summed E-state index contributed by atoms with van der Waals surface area (Å²) in [7, 11) is -1.20. The highest BCUT2D eigenvalue weighted by Gasteiger charge is 2.07. The highest BCUT2D eigenvalue weighted by atomic mass is 32.2. The summed E-state index contributed by atoms with van der Waals surface area (Å²) in [5.41, 5.74) is 0. The Morgan fingerprint density at radius 1 is 1.16 bits per heavy atom. The van der Waals surface area contributed by atoms with Crippen LogP contribution < -0.4 is 10.1 Å². The Labute approximate surface area is 116 Å². The van der Waals surface area contributed by atoms with Gasteiger partial charge in [0.1, 0.15) is 5.75 Å². The molecule has 0 saturated heterocycles. The van der Waals surface area contributed by atoms with Crippen molar-refractivity contribution in [2.45, 2.75) is 30.6 Å². The van der Waals surface area contributed by atoms with Crippen molar-refractivity contribution in [2.24, 2.45) is 0 Å². The van der Waals surface area contributed by atoms with Gasteiger partial charge in [-0.15, -0.1) is 0 Å². The minimum Gasteiger partial charge on any atom is -0.494 e. The average Bonchev–Trinajstić information content (AvgIpc) is 2.37. The van der Waals surface area contributed by atoms with Crippen LogP contribution in [0.1, 0.15) is 25.7 Å². The topological polar surface area (TPSA) is 55.4 Å². The lowest BCUT2D eigenvalue weighted by Crippen LogP contribution is -2.07. The zero-order chi connectivity index (χ0) is 14.1. The fraction of sp³-hybridized carbons (Fsp3) is 0.571. The van der Waals surface area contributed by atoms with E-state index in [1.807, 2.05) is 7.05 Å². The number of hydrogen-bond donors (Lipinski definition) is 1. The van der Waals surface area contributed by atoms with Crippen molar-refractivity contribution in [3.63, 3.8) is 0 Å². The molecule has 0 heterocycles. The van der Waals surface area contributed by atoms with Crippen LogP contribution in [0.15, 0.2) is 29.2 Å². The second-order valence-corrected chi connectivity index (χ2v) is 6.63. The van der Waals surface area contributed by atoms with E-state index in [1.54, 1.807) is 24.3 Å². The van der Waals surface area contributed by atoms with E-state index in [9.17, 15) is 8.42 Å². The van der Waals surface area contributed by atoms with Gasteiger partial charge in [-0.05, 0) is 44.6 Å². The first-order valence-corrected chi connectivity index (χ1v) is 8.50. The minimum atomic E-state index is -3.16. The van der Waals surface area contributed by atoms with Crippen molar-refractivity contribution >= 4 is 9.84 Å².